The second-order valence-corrected chi connectivity index (χ2v) is 14.5. The molecule has 0 N–H and O–H groups in total. The predicted octanol–water partition coefficient (Wildman–Crippen LogP) is 13.5. The Bertz CT molecular complexity index is 2590. The van der Waals surface area contributed by atoms with Crippen LogP contribution in [0.25, 0.3) is 44.5 Å². The molecule has 0 amide bonds. The quantitative estimate of drug-likeness (QED) is 0.147. The van der Waals surface area contributed by atoms with Crippen molar-refractivity contribution in [2.45, 2.75) is 19.1 Å². The maximum atomic E-state index is 7.01. The summed E-state index contributed by atoms with van der Waals surface area (Å²) < 4.78 is 13.9. The summed E-state index contributed by atoms with van der Waals surface area (Å²) in [4.78, 5) is 4.66. The second-order valence-electron chi connectivity index (χ2n) is 14.5. The summed E-state index contributed by atoms with van der Waals surface area (Å²) in [5, 5.41) is 0. The van der Waals surface area contributed by atoms with Crippen LogP contribution in [0.5, 0.6) is 11.5 Å². The van der Waals surface area contributed by atoms with E-state index >= 15 is 0 Å². The maximum absolute atomic E-state index is 7.01. The van der Waals surface area contributed by atoms with Gasteiger partial charge in [-0.15, -0.1) is 0 Å². The highest BCUT2D eigenvalue weighted by molar-refractivity contribution is 5.87. The van der Waals surface area contributed by atoms with Crippen LogP contribution in [-0.2, 0) is 0 Å². The molecule has 4 nitrogen and oxygen atoms in total. The Hall–Kier alpha value is -7.04. The number of ether oxygens (including phenoxy) is 2. The van der Waals surface area contributed by atoms with Gasteiger partial charge in [-0.1, -0.05) is 158 Å². The molecule has 1 aliphatic heterocycles. The van der Waals surface area contributed by atoms with E-state index in [-0.39, 0.29) is 12.1 Å². The number of hydrogen-bond donors (Lipinski definition) is 0. The van der Waals surface area contributed by atoms with Crippen molar-refractivity contribution in [3.05, 3.63) is 206 Å². The van der Waals surface area contributed by atoms with Crippen LogP contribution < -0.4 is 19.3 Å². The number of anilines is 4. The first-order valence-corrected chi connectivity index (χ1v) is 19.6. The zero-order valence-corrected chi connectivity index (χ0v) is 32.2. The van der Waals surface area contributed by atoms with Gasteiger partial charge < -0.3 is 19.3 Å². The van der Waals surface area contributed by atoms with Crippen LogP contribution in [0.4, 0.5) is 22.7 Å². The van der Waals surface area contributed by atoms with Gasteiger partial charge in [0.25, 0.3) is 0 Å². The van der Waals surface area contributed by atoms with Gasteiger partial charge in [-0.3, -0.25) is 0 Å². The Balaban J connectivity index is 1.07. The first-order valence-electron chi connectivity index (χ1n) is 19.6. The first kappa shape index (κ1) is 35.6. The van der Waals surface area contributed by atoms with E-state index in [1.165, 1.54) is 22.3 Å². The fourth-order valence-corrected chi connectivity index (χ4v) is 7.99. The van der Waals surface area contributed by atoms with Crippen LogP contribution in [0.15, 0.2) is 206 Å². The zero-order valence-electron chi connectivity index (χ0n) is 32.2. The van der Waals surface area contributed by atoms with Crippen molar-refractivity contribution in [1.29, 1.82) is 0 Å². The van der Waals surface area contributed by atoms with E-state index in [0.29, 0.717) is 6.61 Å². The van der Waals surface area contributed by atoms with E-state index in [0.717, 1.165) is 56.5 Å². The van der Waals surface area contributed by atoms with E-state index in [4.69, 9.17) is 9.47 Å². The van der Waals surface area contributed by atoms with Gasteiger partial charge in [0, 0.05) is 52.1 Å². The molecular weight excluding hydrogens is 697 g/mol. The largest absolute Gasteiger partial charge is 0.491 e. The van der Waals surface area contributed by atoms with E-state index in [1.807, 2.05) is 6.07 Å². The smallest absolute Gasteiger partial charge is 0.127 e. The lowest BCUT2D eigenvalue weighted by atomic mass is 9.97. The number of nitrogens with zero attached hydrogens (tertiary/aromatic N) is 2. The first-order chi connectivity index (χ1) is 28.1. The van der Waals surface area contributed by atoms with Crippen molar-refractivity contribution in [3.8, 4) is 56.0 Å². The third-order valence-electron chi connectivity index (χ3n) is 11.0. The van der Waals surface area contributed by atoms with Crippen molar-refractivity contribution in [1.82, 2.24) is 0 Å². The number of para-hydroxylation sites is 4. The number of hydrogen-bond acceptors (Lipinski definition) is 4. The molecule has 9 rings (SSSR count). The Morgan fingerprint density at radius 2 is 1.00 bits per heavy atom. The lowest BCUT2D eigenvalue weighted by Crippen LogP contribution is -2.47. The molecule has 0 aliphatic carbocycles. The lowest BCUT2D eigenvalue weighted by molar-refractivity contribution is 0.151. The van der Waals surface area contributed by atoms with Crippen molar-refractivity contribution in [2.75, 3.05) is 23.5 Å². The molecule has 0 radical (unpaired) electrons. The molecule has 2 unspecified atom stereocenters. The van der Waals surface area contributed by atoms with Crippen molar-refractivity contribution < 1.29 is 9.47 Å². The average Bonchev–Trinajstić information content (AvgIpc) is 3.28. The normalized spacial score (nSPS) is 14.7. The van der Waals surface area contributed by atoms with E-state index in [9.17, 15) is 0 Å². The molecule has 1 heterocycles. The fraction of sp³-hybridized carbons (Fsp3) is 0.0943. The van der Waals surface area contributed by atoms with Crippen molar-refractivity contribution in [3.63, 3.8) is 0 Å². The highest BCUT2D eigenvalue weighted by atomic mass is 16.5. The molecule has 278 valence electrons. The summed E-state index contributed by atoms with van der Waals surface area (Å²) in [7, 11) is 2.13. The second kappa shape index (κ2) is 16.0. The van der Waals surface area contributed by atoms with E-state index < -0.39 is 0 Å². The summed E-state index contributed by atoms with van der Waals surface area (Å²) in [6.07, 6.45) is -0.224. The highest BCUT2D eigenvalue weighted by Gasteiger charge is 2.33. The molecule has 0 bridgehead atoms. The van der Waals surface area contributed by atoms with Crippen LogP contribution in [-0.4, -0.2) is 25.8 Å². The van der Waals surface area contributed by atoms with Gasteiger partial charge in [-0.25, -0.2) is 0 Å². The lowest BCUT2D eigenvalue weighted by Gasteiger charge is -2.40. The van der Waals surface area contributed by atoms with Gasteiger partial charge in [0.05, 0.1) is 0 Å². The molecule has 0 aromatic heterocycles. The summed E-state index contributed by atoms with van der Waals surface area (Å²) in [5.74, 6) is 1.69. The van der Waals surface area contributed by atoms with Gasteiger partial charge in [0.2, 0.25) is 0 Å². The minimum absolute atomic E-state index is 0.184. The molecule has 0 fully saturated rings. The summed E-state index contributed by atoms with van der Waals surface area (Å²) in [5.41, 5.74) is 13.5. The Morgan fingerprint density at radius 3 is 1.68 bits per heavy atom. The van der Waals surface area contributed by atoms with E-state index in [2.05, 4.69) is 224 Å². The Morgan fingerprint density at radius 1 is 0.491 bits per heavy atom. The predicted molar refractivity (Wildman–Crippen MR) is 237 cm³/mol. The monoisotopic (exact) mass is 740 g/mol. The van der Waals surface area contributed by atoms with Gasteiger partial charge in [0.1, 0.15) is 30.3 Å². The Labute approximate surface area is 335 Å². The third kappa shape index (κ3) is 7.26. The van der Waals surface area contributed by atoms with Crippen LogP contribution >= 0.6 is 0 Å². The summed E-state index contributed by atoms with van der Waals surface area (Å²) in [6.45, 7) is 2.54. The maximum Gasteiger partial charge on any atom is 0.127 e. The zero-order chi connectivity index (χ0) is 38.6. The van der Waals surface area contributed by atoms with Gasteiger partial charge in [-0.05, 0) is 77.7 Å². The average molecular weight is 741 g/mol. The highest BCUT2D eigenvalue weighted by Crippen LogP contribution is 2.45. The van der Waals surface area contributed by atoms with Crippen LogP contribution in [0, 0.1) is 0 Å². The molecular formula is C53H44N2O2. The standard InChI is InChI=1S/C53H44N2O2/c1-38-51(55(44-35-31-42(32-36-44)40-19-7-4-8-20-40)50-26-14-10-22-46(50)48-24-12-16-28-53(48)57-38)37-56-52-27-15-11-23-47(52)45-21-9-13-25-49(45)54(2)43-33-29-41(30-34-43)39-17-5-3-6-18-39/h3-36,38,51H,37H2,1-2H3. The van der Waals surface area contributed by atoms with Gasteiger partial charge in [-0.2, -0.15) is 0 Å². The molecule has 57 heavy (non-hydrogen) atoms. The third-order valence-corrected chi connectivity index (χ3v) is 11.0. The number of benzene rings is 8. The van der Waals surface area contributed by atoms with Crippen LogP contribution in [0.3, 0.4) is 0 Å². The molecule has 4 heteroatoms. The number of rotatable bonds is 9. The van der Waals surface area contributed by atoms with E-state index in [1.54, 1.807) is 0 Å². The molecule has 8 aromatic rings. The molecule has 2 atom stereocenters. The molecule has 1 aliphatic rings. The fourth-order valence-electron chi connectivity index (χ4n) is 7.99. The molecule has 8 aromatic carbocycles. The van der Waals surface area contributed by atoms with Crippen molar-refractivity contribution in [2.24, 2.45) is 0 Å². The van der Waals surface area contributed by atoms with Gasteiger partial charge >= 0.3 is 0 Å². The SMILES string of the molecule is CC1Oc2ccccc2-c2ccccc2N(c2ccc(-c3ccccc3)cc2)C1COc1ccccc1-c1ccccc1N(C)c1ccc(-c2ccccc2)cc1. The van der Waals surface area contributed by atoms with Gasteiger partial charge in [0.15, 0.2) is 0 Å². The minimum Gasteiger partial charge on any atom is -0.491 e. The molecule has 0 saturated heterocycles. The summed E-state index contributed by atoms with van der Waals surface area (Å²) >= 11 is 0. The topological polar surface area (TPSA) is 24.9 Å². The Kier molecular flexibility index (Phi) is 9.99. The minimum atomic E-state index is -0.224. The van der Waals surface area contributed by atoms with Crippen LogP contribution in [0.2, 0.25) is 0 Å². The van der Waals surface area contributed by atoms with Crippen molar-refractivity contribution >= 4 is 22.7 Å². The van der Waals surface area contributed by atoms with Crippen LogP contribution in [0.1, 0.15) is 6.92 Å². The summed E-state index contributed by atoms with van der Waals surface area (Å²) in [6, 6.07) is 72.4. The molecule has 0 spiro atoms. The number of fused-ring (bicyclic) bond motifs is 3. The molecule has 0 saturated carbocycles.